The number of ether oxygens (including phenoxy) is 1. The van der Waals surface area contributed by atoms with Crippen LogP contribution in [0.25, 0.3) is 10.9 Å². The second-order valence-electron chi connectivity index (χ2n) is 7.30. The van der Waals surface area contributed by atoms with Crippen molar-refractivity contribution in [3.63, 3.8) is 0 Å². The summed E-state index contributed by atoms with van der Waals surface area (Å²) in [6.07, 6.45) is 5.86. The Bertz CT molecular complexity index is 960. The molecule has 1 aromatic heterocycles. The number of benzene rings is 2. The van der Waals surface area contributed by atoms with Crippen molar-refractivity contribution < 1.29 is 14.3 Å². The fraction of sp³-hybridized carbons (Fsp3) is 0.333. The van der Waals surface area contributed by atoms with Crippen molar-refractivity contribution in [1.29, 1.82) is 0 Å². The molecule has 1 heterocycles. The van der Waals surface area contributed by atoms with Gasteiger partial charge in [-0.15, -0.1) is 0 Å². The van der Waals surface area contributed by atoms with Crippen LogP contribution in [0.2, 0.25) is 0 Å². The molecule has 152 valence electrons. The number of methoxy groups -OCH3 is 1. The van der Waals surface area contributed by atoms with Gasteiger partial charge in [0.15, 0.2) is 0 Å². The molecule has 1 atom stereocenters. The van der Waals surface area contributed by atoms with E-state index in [0.29, 0.717) is 6.42 Å². The van der Waals surface area contributed by atoms with E-state index in [1.807, 2.05) is 42.6 Å². The van der Waals surface area contributed by atoms with Gasteiger partial charge in [0.05, 0.1) is 13.5 Å². The number of hydrogen-bond donors (Lipinski definition) is 2. The van der Waals surface area contributed by atoms with Gasteiger partial charge in [-0.2, -0.15) is 0 Å². The Balaban J connectivity index is 1.65. The van der Waals surface area contributed by atoms with Crippen molar-refractivity contribution >= 4 is 22.8 Å². The van der Waals surface area contributed by atoms with Gasteiger partial charge >= 0.3 is 5.97 Å². The lowest BCUT2D eigenvalue weighted by atomic mass is 10.0. The van der Waals surface area contributed by atoms with Gasteiger partial charge < -0.3 is 15.0 Å². The van der Waals surface area contributed by atoms with Gasteiger partial charge in [0, 0.05) is 23.5 Å². The molecule has 29 heavy (non-hydrogen) atoms. The zero-order chi connectivity index (χ0) is 20.6. The molecule has 0 spiro atoms. The zero-order valence-corrected chi connectivity index (χ0v) is 17.0. The lowest BCUT2D eigenvalue weighted by Gasteiger charge is -2.16. The summed E-state index contributed by atoms with van der Waals surface area (Å²) in [4.78, 5) is 28.0. The van der Waals surface area contributed by atoms with Crippen LogP contribution in [0.3, 0.4) is 0 Å². The van der Waals surface area contributed by atoms with Crippen molar-refractivity contribution in [2.75, 3.05) is 7.11 Å². The van der Waals surface area contributed by atoms with E-state index in [1.165, 1.54) is 12.7 Å². The molecule has 0 fully saturated rings. The Labute approximate surface area is 171 Å². The Morgan fingerprint density at radius 2 is 1.79 bits per heavy atom. The van der Waals surface area contributed by atoms with Crippen LogP contribution in [-0.4, -0.2) is 30.0 Å². The van der Waals surface area contributed by atoms with Crippen LogP contribution in [-0.2, 0) is 33.6 Å². The predicted octanol–water partition coefficient (Wildman–Crippen LogP) is 3.95. The van der Waals surface area contributed by atoms with Gasteiger partial charge in [0.2, 0.25) is 5.91 Å². The molecule has 0 radical (unpaired) electrons. The van der Waals surface area contributed by atoms with E-state index in [4.69, 9.17) is 4.74 Å². The first-order valence-electron chi connectivity index (χ1n) is 10.1. The quantitative estimate of drug-likeness (QED) is 0.542. The first-order valence-corrected chi connectivity index (χ1v) is 10.1. The van der Waals surface area contributed by atoms with Crippen LogP contribution in [0, 0.1) is 0 Å². The molecule has 0 saturated carbocycles. The molecule has 5 nitrogen and oxygen atoms in total. The first-order chi connectivity index (χ1) is 14.1. The number of nitrogens with one attached hydrogen (secondary N) is 2. The molecule has 0 aliphatic heterocycles. The summed E-state index contributed by atoms with van der Waals surface area (Å²) in [5.41, 5.74) is 4.18. The van der Waals surface area contributed by atoms with E-state index in [2.05, 4.69) is 29.4 Å². The highest BCUT2D eigenvalue weighted by molar-refractivity contribution is 5.88. The van der Waals surface area contributed by atoms with E-state index in [0.717, 1.165) is 41.3 Å². The minimum Gasteiger partial charge on any atom is -0.467 e. The summed E-state index contributed by atoms with van der Waals surface area (Å²) >= 11 is 0. The number of carbonyl (C=O) groups is 2. The summed E-state index contributed by atoms with van der Waals surface area (Å²) in [6, 6.07) is 15.3. The normalized spacial score (nSPS) is 11.9. The minimum atomic E-state index is -0.726. The summed E-state index contributed by atoms with van der Waals surface area (Å²) in [5.74, 6) is -0.639. The highest BCUT2D eigenvalue weighted by Crippen LogP contribution is 2.19. The number of aromatic nitrogens is 1. The first kappa shape index (κ1) is 20.6. The predicted molar refractivity (Wildman–Crippen MR) is 115 cm³/mol. The highest BCUT2D eigenvalue weighted by atomic mass is 16.5. The Morgan fingerprint density at radius 1 is 1.07 bits per heavy atom. The average Bonchev–Trinajstić information content (AvgIpc) is 3.15. The number of para-hydroxylation sites is 1. The van der Waals surface area contributed by atoms with Crippen molar-refractivity contribution in [2.45, 2.75) is 45.1 Å². The van der Waals surface area contributed by atoms with Crippen LogP contribution in [0.5, 0.6) is 0 Å². The monoisotopic (exact) mass is 392 g/mol. The number of hydrogen-bond acceptors (Lipinski definition) is 3. The van der Waals surface area contributed by atoms with E-state index in [9.17, 15) is 9.59 Å². The lowest BCUT2D eigenvalue weighted by molar-refractivity contribution is -0.145. The van der Waals surface area contributed by atoms with Crippen LogP contribution >= 0.6 is 0 Å². The Morgan fingerprint density at radius 3 is 2.52 bits per heavy atom. The van der Waals surface area contributed by atoms with Gasteiger partial charge in [0.1, 0.15) is 6.04 Å². The number of aryl methyl sites for hydroxylation is 1. The molecule has 3 rings (SSSR count). The molecule has 3 aromatic rings. The molecular formula is C24H28N2O3. The highest BCUT2D eigenvalue weighted by Gasteiger charge is 2.23. The Kier molecular flexibility index (Phi) is 7.06. The molecule has 2 N–H and O–H groups in total. The molecule has 2 aromatic carbocycles. The van der Waals surface area contributed by atoms with Crippen LogP contribution in [0.4, 0.5) is 0 Å². The fourth-order valence-corrected chi connectivity index (χ4v) is 3.49. The Hall–Kier alpha value is -3.08. The van der Waals surface area contributed by atoms with Crippen LogP contribution in [0.1, 0.15) is 36.5 Å². The van der Waals surface area contributed by atoms with Gasteiger partial charge in [-0.05, 0) is 35.6 Å². The maximum atomic E-state index is 12.6. The topological polar surface area (TPSA) is 71.2 Å². The molecule has 0 aliphatic rings. The average molecular weight is 392 g/mol. The molecule has 5 heteroatoms. The number of amides is 1. The lowest BCUT2D eigenvalue weighted by Crippen LogP contribution is -2.43. The second kappa shape index (κ2) is 9.92. The number of carbonyl (C=O) groups excluding carboxylic acids is 2. The van der Waals surface area contributed by atoms with Crippen molar-refractivity contribution in [2.24, 2.45) is 0 Å². The largest absolute Gasteiger partial charge is 0.467 e. The van der Waals surface area contributed by atoms with E-state index < -0.39 is 12.0 Å². The van der Waals surface area contributed by atoms with Gasteiger partial charge in [-0.1, -0.05) is 55.8 Å². The number of rotatable bonds is 9. The third-order valence-electron chi connectivity index (χ3n) is 5.13. The molecule has 0 aliphatic carbocycles. The van der Waals surface area contributed by atoms with E-state index >= 15 is 0 Å². The van der Waals surface area contributed by atoms with Crippen molar-refractivity contribution in [1.82, 2.24) is 10.3 Å². The molecule has 0 unspecified atom stereocenters. The number of esters is 1. The maximum absolute atomic E-state index is 12.6. The van der Waals surface area contributed by atoms with E-state index in [-0.39, 0.29) is 12.3 Å². The van der Waals surface area contributed by atoms with Crippen molar-refractivity contribution in [3.8, 4) is 0 Å². The standard InChI is InChI=1S/C24H28N2O3/c1-3-4-7-17-10-12-18(13-11-17)14-23(27)26-22(24(28)29-2)15-19-16-25-21-9-6-5-8-20(19)21/h5-6,8-13,16,22,25H,3-4,7,14-15H2,1-2H3,(H,26,27)/t22-/m1/s1. The summed E-state index contributed by atoms with van der Waals surface area (Å²) < 4.78 is 4.91. The summed E-state index contributed by atoms with van der Waals surface area (Å²) in [5, 5.41) is 3.88. The number of unbranched alkanes of at least 4 members (excludes halogenated alkanes) is 1. The van der Waals surface area contributed by atoms with Gasteiger partial charge in [-0.25, -0.2) is 4.79 Å². The SMILES string of the molecule is CCCCc1ccc(CC(=O)N[C@H](Cc2c[nH]c3ccccc23)C(=O)OC)cc1. The molecular weight excluding hydrogens is 364 g/mol. The number of fused-ring (bicyclic) bond motifs is 1. The third kappa shape index (κ3) is 5.47. The smallest absolute Gasteiger partial charge is 0.328 e. The summed E-state index contributed by atoms with van der Waals surface area (Å²) in [7, 11) is 1.34. The van der Waals surface area contributed by atoms with Gasteiger partial charge in [-0.3, -0.25) is 4.79 Å². The van der Waals surface area contributed by atoms with Crippen LogP contribution < -0.4 is 5.32 Å². The zero-order valence-electron chi connectivity index (χ0n) is 17.0. The maximum Gasteiger partial charge on any atom is 0.328 e. The second-order valence-corrected chi connectivity index (χ2v) is 7.30. The van der Waals surface area contributed by atoms with Gasteiger partial charge in [0.25, 0.3) is 0 Å². The fourth-order valence-electron chi connectivity index (χ4n) is 3.49. The minimum absolute atomic E-state index is 0.193. The van der Waals surface area contributed by atoms with Crippen molar-refractivity contribution in [3.05, 3.63) is 71.4 Å². The van der Waals surface area contributed by atoms with E-state index in [1.54, 1.807) is 0 Å². The molecule has 0 saturated heterocycles. The number of H-pyrrole nitrogens is 1. The summed E-state index contributed by atoms with van der Waals surface area (Å²) in [6.45, 7) is 2.17. The molecule has 0 bridgehead atoms. The van der Waals surface area contributed by atoms with Crippen LogP contribution in [0.15, 0.2) is 54.7 Å². The third-order valence-corrected chi connectivity index (χ3v) is 5.13. The molecule has 1 amide bonds. The number of aromatic amines is 1.